The van der Waals surface area contributed by atoms with Crippen LogP contribution in [-0.4, -0.2) is 50.2 Å². The number of carbonyl (C=O) groups excluding carboxylic acids is 4. The van der Waals surface area contributed by atoms with E-state index in [-0.39, 0.29) is 11.1 Å². The molecule has 110 valence electrons. The van der Waals surface area contributed by atoms with Gasteiger partial charge in [0.2, 0.25) is 0 Å². The second-order valence-corrected chi connectivity index (χ2v) is 4.69. The highest BCUT2D eigenvalue weighted by atomic mass is 16.6. The summed E-state index contributed by atoms with van der Waals surface area (Å²) < 4.78 is 13.7. The van der Waals surface area contributed by atoms with Gasteiger partial charge in [-0.25, -0.2) is 9.59 Å². The number of azo groups is 1. The Kier molecular flexibility index (Phi) is 2.85. The molecule has 0 aromatic rings. The number of carbonyl (C=O) groups is 4. The summed E-state index contributed by atoms with van der Waals surface area (Å²) in [6, 6.07) is -2.27. The first-order valence-electron chi connectivity index (χ1n) is 6.06. The minimum atomic E-state index is -1.13. The summed E-state index contributed by atoms with van der Waals surface area (Å²) in [5, 5.41) is 7.45. The van der Waals surface area contributed by atoms with Gasteiger partial charge in [0.05, 0.1) is 26.1 Å². The van der Waals surface area contributed by atoms with E-state index in [1.54, 1.807) is 0 Å². The molecular formula is C12H10N2O7. The Morgan fingerprint density at radius 1 is 0.905 bits per heavy atom. The molecule has 0 aromatic carbocycles. The topological polar surface area (TPSA) is 121 Å². The Balaban J connectivity index is 2.07. The summed E-state index contributed by atoms with van der Waals surface area (Å²) in [4.78, 5) is 46.8. The molecule has 0 amide bonds. The summed E-state index contributed by atoms with van der Waals surface area (Å²) >= 11 is 0. The van der Waals surface area contributed by atoms with E-state index < -0.39 is 47.8 Å². The number of esters is 4. The van der Waals surface area contributed by atoms with Gasteiger partial charge in [-0.2, -0.15) is 10.2 Å². The number of cyclic esters (lactones) is 2. The molecule has 2 aliphatic heterocycles. The lowest BCUT2D eigenvalue weighted by Crippen LogP contribution is -2.48. The zero-order valence-corrected chi connectivity index (χ0v) is 11.1. The first-order valence-corrected chi connectivity index (χ1v) is 6.06. The minimum absolute atomic E-state index is 0.258. The summed E-state index contributed by atoms with van der Waals surface area (Å²) in [5.74, 6) is -4.75. The van der Waals surface area contributed by atoms with E-state index in [1.807, 2.05) is 0 Å². The van der Waals surface area contributed by atoms with Crippen LogP contribution in [0.25, 0.3) is 0 Å². The van der Waals surface area contributed by atoms with Crippen molar-refractivity contribution in [3.05, 3.63) is 11.1 Å². The Labute approximate surface area is 117 Å². The number of fused-ring (bicyclic) bond motifs is 3. The van der Waals surface area contributed by atoms with Crippen molar-refractivity contribution in [1.29, 1.82) is 0 Å². The van der Waals surface area contributed by atoms with Gasteiger partial charge < -0.3 is 14.2 Å². The Hall–Kier alpha value is -2.58. The van der Waals surface area contributed by atoms with Crippen molar-refractivity contribution in [2.24, 2.45) is 22.1 Å². The van der Waals surface area contributed by atoms with Crippen molar-refractivity contribution in [2.75, 3.05) is 14.2 Å². The molecule has 0 saturated carbocycles. The molecule has 0 spiro atoms. The Morgan fingerprint density at radius 2 is 1.29 bits per heavy atom. The minimum Gasteiger partial charge on any atom is -0.467 e. The number of ether oxygens (including phenoxy) is 3. The van der Waals surface area contributed by atoms with Crippen molar-refractivity contribution < 1.29 is 33.4 Å². The van der Waals surface area contributed by atoms with Crippen LogP contribution >= 0.6 is 0 Å². The third kappa shape index (κ3) is 1.63. The van der Waals surface area contributed by atoms with Gasteiger partial charge in [0, 0.05) is 0 Å². The maximum Gasteiger partial charge on any atom is 0.336 e. The van der Waals surface area contributed by atoms with Crippen molar-refractivity contribution in [3.8, 4) is 0 Å². The van der Waals surface area contributed by atoms with Crippen LogP contribution in [0.4, 0.5) is 0 Å². The number of methoxy groups -OCH3 is 2. The first-order chi connectivity index (χ1) is 10.0. The molecule has 1 saturated heterocycles. The predicted octanol–water partition coefficient (Wildman–Crippen LogP) is -0.839. The molecule has 9 nitrogen and oxygen atoms in total. The highest BCUT2D eigenvalue weighted by Gasteiger charge is 2.63. The molecule has 3 aliphatic rings. The maximum absolute atomic E-state index is 11.7. The number of hydrogen-bond acceptors (Lipinski definition) is 9. The molecule has 1 aliphatic carbocycles. The van der Waals surface area contributed by atoms with E-state index in [0.29, 0.717) is 0 Å². The lowest BCUT2D eigenvalue weighted by atomic mass is 9.63. The highest BCUT2D eigenvalue weighted by Crippen LogP contribution is 2.52. The molecule has 4 atom stereocenters. The van der Waals surface area contributed by atoms with Gasteiger partial charge in [-0.3, -0.25) is 9.59 Å². The van der Waals surface area contributed by atoms with Crippen LogP contribution in [0, 0.1) is 11.8 Å². The van der Waals surface area contributed by atoms with Gasteiger partial charge in [-0.05, 0) is 11.1 Å². The van der Waals surface area contributed by atoms with E-state index in [1.165, 1.54) is 14.2 Å². The number of hydrogen-bond donors (Lipinski definition) is 0. The molecule has 4 unspecified atom stereocenters. The standard InChI is InChI=1S/C12H10N2O7/c1-19-11(17)7-3-4(8(14-13-7)12(18)20-2)6-5(3)9(15)21-10(6)16/h5-8H,1-2H3. The lowest BCUT2D eigenvalue weighted by Gasteiger charge is -2.38. The molecule has 0 aromatic heterocycles. The smallest absolute Gasteiger partial charge is 0.336 e. The average molecular weight is 294 g/mol. The molecule has 1 fully saturated rings. The lowest BCUT2D eigenvalue weighted by molar-refractivity contribution is -0.153. The van der Waals surface area contributed by atoms with Crippen LogP contribution in [0.2, 0.25) is 0 Å². The zero-order valence-electron chi connectivity index (χ0n) is 11.1. The second-order valence-electron chi connectivity index (χ2n) is 4.69. The Morgan fingerprint density at radius 3 is 1.62 bits per heavy atom. The average Bonchev–Trinajstić information content (AvgIpc) is 2.70. The van der Waals surface area contributed by atoms with Crippen LogP contribution < -0.4 is 0 Å². The summed E-state index contributed by atoms with van der Waals surface area (Å²) in [7, 11) is 2.33. The monoisotopic (exact) mass is 294 g/mol. The summed E-state index contributed by atoms with van der Waals surface area (Å²) in [5.41, 5.74) is 0.515. The first kappa shape index (κ1) is 13.4. The van der Waals surface area contributed by atoms with Crippen LogP contribution in [0.15, 0.2) is 21.4 Å². The zero-order chi connectivity index (χ0) is 15.3. The molecule has 0 bridgehead atoms. The highest BCUT2D eigenvalue weighted by molar-refractivity contribution is 6.06. The van der Waals surface area contributed by atoms with Crippen molar-refractivity contribution in [2.45, 2.75) is 12.1 Å². The van der Waals surface area contributed by atoms with Gasteiger partial charge >= 0.3 is 23.9 Å². The van der Waals surface area contributed by atoms with E-state index >= 15 is 0 Å². The van der Waals surface area contributed by atoms with Crippen LogP contribution in [-0.2, 0) is 33.4 Å². The van der Waals surface area contributed by atoms with E-state index in [0.717, 1.165) is 0 Å². The maximum atomic E-state index is 11.7. The SMILES string of the molecule is COC(=O)C1N=NC(C(=O)OC)C2=C1C1C(=O)OC(=O)C21. The van der Waals surface area contributed by atoms with E-state index in [4.69, 9.17) is 0 Å². The second kappa shape index (κ2) is 4.47. The summed E-state index contributed by atoms with van der Waals surface area (Å²) in [6.45, 7) is 0. The molecule has 9 heteroatoms. The van der Waals surface area contributed by atoms with Crippen molar-refractivity contribution >= 4 is 23.9 Å². The van der Waals surface area contributed by atoms with Gasteiger partial charge in [-0.1, -0.05) is 0 Å². The Bertz CT molecular complexity index is 584. The largest absolute Gasteiger partial charge is 0.467 e. The van der Waals surface area contributed by atoms with Gasteiger partial charge in [-0.15, -0.1) is 0 Å². The van der Waals surface area contributed by atoms with E-state index in [9.17, 15) is 19.2 Å². The quantitative estimate of drug-likeness (QED) is 0.282. The fourth-order valence-corrected chi connectivity index (χ4v) is 2.86. The van der Waals surface area contributed by atoms with Crippen molar-refractivity contribution in [1.82, 2.24) is 0 Å². The normalized spacial score (nSPS) is 32.9. The third-order valence-electron chi connectivity index (χ3n) is 3.78. The molecule has 21 heavy (non-hydrogen) atoms. The van der Waals surface area contributed by atoms with E-state index in [2.05, 4.69) is 24.4 Å². The van der Waals surface area contributed by atoms with Crippen molar-refractivity contribution in [3.63, 3.8) is 0 Å². The molecule has 2 heterocycles. The van der Waals surface area contributed by atoms with Gasteiger partial charge in [0.25, 0.3) is 0 Å². The number of nitrogens with zero attached hydrogens (tertiary/aromatic N) is 2. The molecule has 0 N–H and O–H groups in total. The fraction of sp³-hybridized carbons (Fsp3) is 0.500. The van der Waals surface area contributed by atoms with Gasteiger partial charge in [0.1, 0.15) is 0 Å². The molecular weight excluding hydrogens is 284 g/mol. The van der Waals surface area contributed by atoms with Gasteiger partial charge in [0.15, 0.2) is 12.1 Å². The van der Waals surface area contributed by atoms with Crippen LogP contribution in [0.3, 0.4) is 0 Å². The third-order valence-corrected chi connectivity index (χ3v) is 3.78. The number of rotatable bonds is 2. The van der Waals surface area contributed by atoms with Crippen LogP contribution in [0.1, 0.15) is 0 Å². The molecule has 3 rings (SSSR count). The van der Waals surface area contributed by atoms with Crippen LogP contribution in [0.5, 0.6) is 0 Å². The summed E-state index contributed by atoms with van der Waals surface area (Å²) in [6.07, 6.45) is 0. The molecule has 0 radical (unpaired) electrons. The predicted molar refractivity (Wildman–Crippen MR) is 61.6 cm³/mol. The fourth-order valence-electron chi connectivity index (χ4n) is 2.86.